The molecule has 3 nitrogen and oxygen atoms in total. The maximum atomic E-state index is 5.88. The first-order valence-corrected chi connectivity index (χ1v) is 7.78. The summed E-state index contributed by atoms with van der Waals surface area (Å²) in [4.78, 5) is 4.57. The van der Waals surface area contributed by atoms with Gasteiger partial charge in [-0.05, 0) is 31.0 Å². The number of hydrogen-bond donors (Lipinski definition) is 1. The van der Waals surface area contributed by atoms with E-state index in [4.69, 9.17) is 10.5 Å². The number of hydrogen-bond acceptors (Lipinski definition) is 4. The van der Waals surface area contributed by atoms with Crippen LogP contribution in [-0.2, 0) is 6.61 Å². The fourth-order valence-electron chi connectivity index (χ4n) is 1.92. The summed E-state index contributed by atoms with van der Waals surface area (Å²) in [5.74, 6) is 1.37. The molecule has 1 atom stereocenters. The van der Waals surface area contributed by atoms with Gasteiger partial charge >= 0.3 is 0 Å². The van der Waals surface area contributed by atoms with Crippen LogP contribution in [0.2, 0.25) is 0 Å². The minimum absolute atomic E-state index is 0.0508. The van der Waals surface area contributed by atoms with Crippen molar-refractivity contribution in [2.45, 2.75) is 46.3 Å². The molecule has 0 aliphatic rings. The van der Waals surface area contributed by atoms with Gasteiger partial charge in [-0.3, -0.25) is 0 Å². The molecule has 2 rings (SSSR count). The van der Waals surface area contributed by atoms with Crippen molar-refractivity contribution in [2.24, 2.45) is 5.73 Å². The van der Waals surface area contributed by atoms with Crippen LogP contribution in [0, 0.1) is 6.92 Å². The van der Waals surface area contributed by atoms with Gasteiger partial charge in [0.15, 0.2) is 0 Å². The Bertz CT molecular complexity index is 576. The molecule has 2 aromatic rings. The Morgan fingerprint density at radius 2 is 2.05 bits per heavy atom. The van der Waals surface area contributed by atoms with E-state index < -0.39 is 0 Å². The first-order chi connectivity index (χ1) is 9.47. The topological polar surface area (TPSA) is 48.1 Å². The zero-order valence-electron chi connectivity index (χ0n) is 12.5. The van der Waals surface area contributed by atoms with E-state index in [1.165, 1.54) is 0 Å². The van der Waals surface area contributed by atoms with Crippen molar-refractivity contribution in [1.29, 1.82) is 0 Å². The van der Waals surface area contributed by atoms with Crippen LogP contribution in [0.1, 0.15) is 54.6 Å². The summed E-state index contributed by atoms with van der Waals surface area (Å²) in [7, 11) is 0. The lowest BCUT2D eigenvalue weighted by atomic mass is 10.1. The highest BCUT2D eigenvalue weighted by Gasteiger charge is 2.08. The molecular formula is C16H22N2OS. The molecule has 20 heavy (non-hydrogen) atoms. The van der Waals surface area contributed by atoms with E-state index >= 15 is 0 Å². The summed E-state index contributed by atoms with van der Waals surface area (Å²) in [6, 6.07) is 6.15. The van der Waals surface area contributed by atoms with Gasteiger partial charge in [0.2, 0.25) is 0 Å². The number of ether oxygens (including phenoxy) is 1. The van der Waals surface area contributed by atoms with Gasteiger partial charge < -0.3 is 10.5 Å². The van der Waals surface area contributed by atoms with E-state index in [-0.39, 0.29) is 6.04 Å². The van der Waals surface area contributed by atoms with E-state index in [2.05, 4.69) is 30.3 Å². The molecule has 0 spiro atoms. The lowest BCUT2D eigenvalue weighted by Crippen LogP contribution is -2.05. The van der Waals surface area contributed by atoms with Gasteiger partial charge in [0.25, 0.3) is 0 Å². The summed E-state index contributed by atoms with van der Waals surface area (Å²) in [6.45, 7) is 8.85. The predicted octanol–water partition coefficient (Wildman–Crippen LogP) is 4.17. The molecular weight excluding hydrogens is 268 g/mol. The van der Waals surface area contributed by atoms with E-state index in [9.17, 15) is 0 Å². The molecule has 0 saturated heterocycles. The fourth-order valence-corrected chi connectivity index (χ4v) is 2.74. The Morgan fingerprint density at radius 1 is 1.30 bits per heavy atom. The van der Waals surface area contributed by atoms with Crippen LogP contribution in [0.4, 0.5) is 0 Å². The monoisotopic (exact) mass is 290 g/mol. The van der Waals surface area contributed by atoms with Gasteiger partial charge in [0.1, 0.15) is 12.4 Å². The summed E-state index contributed by atoms with van der Waals surface area (Å²) in [6.07, 6.45) is 0. The molecule has 0 radical (unpaired) electrons. The number of aryl methyl sites for hydroxylation is 1. The third-order valence-corrected chi connectivity index (χ3v) is 4.36. The van der Waals surface area contributed by atoms with Crippen molar-refractivity contribution in [1.82, 2.24) is 4.98 Å². The normalized spacial score (nSPS) is 12.7. The molecule has 108 valence electrons. The van der Waals surface area contributed by atoms with Crippen LogP contribution in [-0.4, -0.2) is 4.98 Å². The zero-order valence-corrected chi connectivity index (χ0v) is 13.3. The molecule has 1 aromatic heterocycles. The standard InChI is InChI=1S/C16H22N2OS/c1-10(2)16-18-14(9-20-16)8-19-15-6-5-13(12(4)17)7-11(15)3/h5-7,9-10,12H,8,17H2,1-4H3/t12-/m0/s1. The molecule has 0 amide bonds. The number of aromatic nitrogens is 1. The van der Waals surface area contributed by atoms with Crippen LogP contribution < -0.4 is 10.5 Å². The maximum Gasteiger partial charge on any atom is 0.131 e. The summed E-state index contributed by atoms with van der Waals surface area (Å²) < 4.78 is 5.85. The lowest BCUT2D eigenvalue weighted by Gasteiger charge is -2.11. The number of thiazole rings is 1. The third kappa shape index (κ3) is 3.58. The molecule has 0 saturated carbocycles. The second-order valence-corrected chi connectivity index (χ2v) is 6.32. The summed E-state index contributed by atoms with van der Waals surface area (Å²) in [5.41, 5.74) is 9.11. The van der Waals surface area contributed by atoms with E-state index in [1.54, 1.807) is 11.3 Å². The quantitative estimate of drug-likeness (QED) is 0.899. The van der Waals surface area contributed by atoms with Crippen LogP contribution >= 0.6 is 11.3 Å². The molecule has 0 aliphatic heterocycles. The minimum Gasteiger partial charge on any atom is -0.487 e. The van der Waals surface area contributed by atoms with Gasteiger partial charge in [0, 0.05) is 17.3 Å². The molecule has 0 bridgehead atoms. The smallest absolute Gasteiger partial charge is 0.131 e. The number of nitrogens with two attached hydrogens (primary N) is 1. The number of rotatable bonds is 5. The second kappa shape index (κ2) is 6.37. The fraction of sp³-hybridized carbons (Fsp3) is 0.438. The van der Waals surface area contributed by atoms with Gasteiger partial charge in [-0.1, -0.05) is 26.0 Å². The van der Waals surface area contributed by atoms with E-state index in [1.807, 2.05) is 26.0 Å². The van der Waals surface area contributed by atoms with Gasteiger partial charge in [-0.15, -0.1) is 11.3 Å². The maximum absolute atomic E-state index is 5.88. The Hall–Kier alpha value is -1.39. The summed E-state index contributed by atoms with van der Waals surface area (Å²) >= 11 is 1.70. The molecule has 2 N–H and O–H groups in total. The van der Waals surface area contributed by atoms with Crippen molar-refractivity contribution in [2.75, 3.05) is 0 Å². The Balaban J connectivity index is 2.03. The van der Waals surface area contributed by atoms with Crippen LogP contribution in [0.3, 0.4) is 0 Å². The first-order valence-electron chi connectivity index (χ1n) is 6.90. The van der Waals surface area contributed by atoms with Gasteiger partial charge in [0.05, 0.1) is 10.7 Å². The SMILES string of the molecule is Cc1cc([C@H](C)N)ccc1OCc1csc(C(C)C)n1. The largest absolute Gasteiger partial charge is 0.487 e. The first kappa shape index (κ1) is 15.0. The third-order valence-electron chi connectivity index (χ3n) is 3.16. The van der Waals surface area contributed by atoms with Crippen molar-refractivity contribution in [3.05, 3.63) is 45.4 Å². The highest BCUT2D eigenvalue weighted by molar-refractivity contribution is 7.09. The zero-order chi connectivity index (χ0) is 14.7. The molecule has 0 aliphatic carbocycles. The van der Waals surface area contributed by atoms with Crippen molar-refractivity contribution < 1.29 is 4.74 Å². The Morgan fingerprint density at radius 3 is 2.60 bits per heavy atom. The number of nitrogens with zero attached hydrogens (tertiary/aromatic N) is 1. The molecule has 1 heterocycles. The van der Waals surface area contributed by atoms with Crippen LogP contribution in [0.25, 0.3) is 0 Å². The van der Waals surface area contributed by atoms with Crippen LogP contribution in [0.5, 0.6) is 5.75 Å². The van der Waals surface area contributed by atoms with Crippen LogP contribution in [0.15, 0.2) is 23.6 Å². The highest BCUT2D eigenvalue weighted by Crippen LogP contribution is 2.24. The predicted molar refractivity (Wildman–Crippen MR) is 84.3 cm³/mol. The Kier molecular flexibility index (Phi) is 4.78. The average molecular weight is 290 g/mol. The highest BCUT2D eigenvalue weighted by atomic mass is 32.1. The van der Waals surface area contributed by atoms with Gasteiger partial charge in [-0.25, -0.2) is 4.98 Å². The average Bonchev–Trinajstić information content (AvgIpc) is 2.86. The van der Waals surface area contributed by atoms with Crippen molar-refractivity contribution in [3.63, 3.8) is 0 Å². The molecule has 1 aromatic carbocycles. The lowest BCUT2D eigenvalue weighted by molar-refractivity contribution is 0.299. The van der Waals surface area contributed by atoms with Crippen molar-refractivity contribution in [3.8, 4) is 5.75 Å². The Labute approximate surface area is 124 Å². The molecule has 0 unspecified atom stereocenters. The van der Waals surface area contributed by atoms with E-state index in [0.29, 0.717) is 12.5 Å². The van der Waals surface area contributed by atoms with Gasteiger partial charge in [-0.2, -0.15) is 0 Å². The summed E-state index contributed by atoms with van der Waals surface area (Å²) in [5, 5.41) is 3.23. The minimum atomic E-state index is 0.0508. The number of benzene rings is 1. The molecule has 4 heteroatoms. The molecule has 0 fully saturated rings. The second-order valence-electron chi connectivity index (χ2n) is 5.43. The van der Waals surface area contributed by atoms with Crippen molar-refractivity contribution >= 4 is 11.3 Å². The van der Waals surface area contributed by atoms with E-state index in [0.717, 1.165) is 27.6 Å².